The van der Waals surface area contributed by atoms with E-state index in [4.69, 9.17) is 5.73 Å². The smallest absolute Gasteiger partial charge is 0.00234 e. The summed E-state index contributed by atoms with van der Waals surface area (Å²) in [5.41, 5.74) is 5.64. The summed E-state index contributed by atoms with van der Waals surface area (Å²) in [6.45, 7) is 2.07. The molecule has 0 aromatic heterocycles. The van der Waals surface area contributed by atoms with Crippen LogP contribution in [0.4, 0.5) is 0 Å². The van der Waals surface area contributed by atoms with Crippen molar-refractivity contribution >= 4 is 0 Å². The van der Waals surface area contributed by atoms with E-state index in [0.717, 1.165) is 18.4 Å². The van der Waals surface area contributed by atoms with Crippen molar-refractivity contribution in [2.75, 3.05) is 20.1 Å². The van der Waals surface area contributed by atoms with Crippen LogP contribution in [0.3, 0.4) is 0 Å². The van der Waals surface area contributed by atoms with Gasteiger partial charge in [0.15, 0.2) is 0 Å². The summed E-state index contributed by atoms with van der Waals surface area (Å²) in [6.07, 6.45) is 5.49. The highest BCUT2D eigenvalue weighted by Gasteiger charge is 2.19. The van der Waals surface area contributed by atoms with Gasteiger partial charge in [-0.05, 0) is 51.2 Å². The van der Waals surface area contributed by atoms with Crippen LogP contribution in [0.2, 0.25) is 0 Å². The van der Waals surface area contributed by atoms with Gasteiger partial charge in [-0.2, -0.15) is 0 Å². The maximum Gasteiger partial charge on any atom is -0.00234 e. The fourth-order valence-corrected chi connectivity index (χ4v) is 2.09. The summed E-state index contributed by atoms with van der Waals surface area (Å²) in [6, 6.07) is 0. The van der Waals surface area contributed by atoms with E-state index >= 15 is 0 Å². The van der Waals surface area contributed by atoms with Crippen LogP contribution in [0.15, 0.2) is 0 Å². The van der Waals surface area contributed by atoms with Crippen molar-refractivity contribution in [2.24, 2.45) is 17.6 Å². The predicted molar refractivity (Wildman–Crippen MR) is 48.4 cm³/mol. The summed E-state index contributed by atoms with van der Waals surface area (Å²) in [4.78, 5) is 0. The Labute approximate surface area is 69.5 Å². The maximum atomic E-state index is 5.64. The zero-order valence-corrected chi connectivity index (χ0v) is 7.47. The Morgan fingerprint density at radius 2 is 2.09 bits per heavy atom. The van der Waals surface area contributed by atoms with Gasteiger partial charge in [0.1, 0.15) is 0 Å². The first kappa shape index (κ1) is 9.01. The molecule has 2 atom stereocenters. The minimum absolute atomic E-state index is 0.807. The van der Waals surface area contributed by atoms with Crippen molar-refractivity contribution in [3.8, 4) is 0 Å². The molecule has 1 aliphatic carbocycles. The van der Waals surface area contributed by atoms with Crippen molar-refractivity contribution in [1.82, 2.24) is 5.32 Å². The predicted octanol–water partition coefficient (Wildman–Crippen LogP) is 0.971. The van der Waals surface area contributed by atoms with Gasteiger partial charge in [0.25, 0.3) is 0 Å². The first-order valence-corrected chi connectivity index (χ1v) is 4.71. The molecule has 0 radical (unpaired) electrons. The van der Waals surface area contributed by atoms with E-state index in [-0.39, 0.29) is 0 Å². The highest BCUT2D eigenvalue weighted by molar-refractivity contribution is 4.74. The van der Waals surface area contributed by atoms with Crippen molar-refractivity contribution in [1.29, 1.82) is 0 Å². The second-order valence-electron chi connectivity index (χ2n) is 3.69. The number of hydrogen-bond acceptors (Lipinski definition) is 2. The third kappa shape index (κ3) is 2.80. The first-order valence-electron chi connectivity index (χ1n) is 4.71. The molecular formula is C9H20N2. The van der Waals surface area contributed by atoms with Gasteiger partial charge < -0.3 is 11.1 Å². The topological polar surface area (TPSA) is 38.0 Å². The molecule has 1 aliphatic rings. The largest absolute Gasteiger partial charge is 0.330 e. The Bertz CT molecular complexity index is 102. The molecule has 0 bridgehead atoms. The fourth-order valence-electron chi connectivity index (χ4n) is 2.09. The van der Waals surface area contributed by atoms with Gasteiger partial charge in [0, 0.05) is 0 Å². The summed E-state index contributed by atoms with van der Waals surface area (Å²) >= 11 is 0. The molecule has 0 aromatic carbocycles. The zero-order valence-electron chi connectivity index (χ0n) is 7.47. The van der Waals surface area contributed by atoms with Gasteiger partial charge in [0.05, 0.1) is 0 Å². The fraction of sp³-hybridized carbons (Fsp3) is 1.00. The Morgan fingerprint density at radius 1 is 1.36 bits per heavy atom. The van der Waals surface area contributed by atoms with E-state index in [0.29, 0.717) is 0 Å². The molecule has 0 amide bonds. The quantitative estimate of drug-likeness (QED) is 0.639. The zero-order chi connectivity index (χ0) is 8.10. The SMILES string of the molecule is CNC[C@H]1CCC[C@@H](CN)C1. The number of hydrogen-bond donors (Lipinski definition) is 2. The van der Waals surface area contributed by atoms with Gasteiger partial charge in [0.2, 0.25) is 0 Å². The van der Waals surface area contributed by atoms with E-state index in [2.05, 4.69) is 5.32 Å². The minimum atomic E-state index is 0.807. The number of nitrogens with two attached hydrogens (primary N) is 1. The Hall–Kier alpha value is -0.0800. The standard InChI is InChI=1S/C9H20N2/c1-11-7-9-4-2-3-8(5-9)6-10/h8-9,11H,2-7,10H2,1H3/t8-,9+/m1/s1. The van der Waals surface area contributed by atoms with Crippen LogP contribution in [-0.4, -0.2) is 20.1 Å². The summed E-state index contributed by atoms with van der Waals surface area (Å²) in [5, 5.41) is 3.24. The summed E-state index contributed by atoms with van der Waals surface area (Å²) in [7, 11) is 2.03. The molecule has 11 heavy (non-hydrogen) atoms. The molecule has 0 aromatic rings. The molecule has 1 fully saturated rings. The van der Waals surface area contributed by atoms with Crippen molar-refractivity contribution in [3.05, 3.63) is 0 Å². The normalized spacial score (nSPS) is 32.2. The molecule has 1 saturated carbocycles. The van der Waals surface area contributed by atoms with Crippen LogP contribution in [0.5, 0.6) is 0 Å². The maximum absolute atomic E-state index is 5.64. The van der Waals surface area contributed by atoms with Crippen molar-refractivity contribution in [3.63, 3.8) is 0 Å². The minimum Gasteiger partial charge on any atom is -0.330 e. The lowest BCUT2D eigenvalue weighted by atomic mass is 9.81. The van der Waals surface area contributed by atoms with Gasteiger partial charge >= 0.3 is 0 Å². The molecule has 1 rings (SSSR count). The van der Waals surface area contributed by atoms with Crippen molar-refractivity contribution < 1.29 is 0 Å². The Kier molecular flexibility index (Phi) is 3.87. The molecule has 0 unspecified atom stereocenters. The average Bonchev–Trinajstić information content (AvgIpc) is 2.06. The molecule has 0 aliphatic heterocycles. The van der Waals surface area contributed by atoms with Crippen LogP contribution < -0.4 is 11.1 Å². The lowest BCUT2D eigenvalue weighted by Gasteiger charge is -2.27. The monoisotopic (exact) mass is 156 g/mol. The van der Waals surface area contributed by atoms with Gasteiger partial charge in [-0.15, -0.1) is 0 Å². The van der Waals surface area contributed by atoms with Crippen LogP contribution in [0.25, 0.3) is 0 Å². The highest BCUT2D eigenvalue weighted by atomic mass is 14.8. The van der Waals surface area contributed by atoms with E-state index in [9.17, 15) is 0 Å². The molecule has 0 heterocycles. The Morgan fingerprint density at radius 3 is 2.73 bits per heavy atom. The molecule has 2 heteroatoms. The van der Waals surface area contributed by atoms with Gasteiger partial charge in [-0.25, -0.2) is 0 Å². The number of rotatable bonds is 3. The number of nitrogens with one attached hydrogen (secondary N) is 1. The average molecular weight is 156 g/mol. The Balaban J connectivity index is 2.21. The van der Waals surface area contributed by atoms with Crippen LogP contribution in [-0.2, 0) is 0 Å². The van der Waals surface area contributed by atoms with Crippen LogP contribution in [0, 0.1) is 11.8 Å². The third-order valence-corrected chi connectivity index (χ3v) is 2.72. The van der Waals surface area contributed by atoms with E-state index in [1.165, 1.54) is 32.2 Å². The van der Waals surface area contributed by atoms with E-state index < -0.39 is 0 Å². The molecule has 2 nitrogen and oxygen atoms in total. The van der Waals surface area contributed by atoms with E-state index in [1.807, 2.05) is 7.05 Å². The molecule has 0 spiro atoms. The summed E-state index contributed by atoms with van der Waals surface area (Å²) < 4.78 is 0. The summed E-state index contributed by atoms with van der Waals surface area (Å²) in [5.74, 6) is 1.70. The molecule has 66 valence electrons. The third-order valence-electron chi connectivity index (χ3n) is 2.72. The van der Waals surface area contributed by atoms with Gasteiger partial charge in [-0.3, -0.25) is 0 Å². The lowest BCUT2D eigenvalue weighted by molar-refractivity contribution is 0.268. The first-order chi connectivity index (χ1) is 5.36. The molecule has 0 saturated heterocycles. The van der Waals surface area contributed by atoms with Crippen LogP contribution in [0.1, 0.15) is 25.7 Å². The van der Waals surface area contributed by atoms with Crippen molar-refractivity contribution in [2.45, 2.75) is 25.7 Å². The second-order valence-corrected chi connectivity index (χ2v) is 3.69. The lowest BCUT2D eigenvalue weighted by Crippen LogP contribution is -2.28. The van der Waals surface area contributed by atoms with Gasteiger partial charge in [-0.1, -0.05) is 6.42 Å². The van der Waals surface area contributed by atoms with E-state index in [1.54, 1.807) is 0 Å². The molecular weight excluding hydrogens is 136 g/mol. The molecule has 3 N–H and O–H groups in total. The van der Waals surface area contributed by atoms with Crippen LogP contribution >= 0.6 is 0 Å². The highest BCUT2D eigenvalue weighted by Crippen LogP contribution is 2.27. The second kappa shape index (κ2) is 4.73.